The van der Waals surface area contributed by atoms with Crippen molar-refractivity contribution in [1.82, 2.24) is 19.4 Å². The fourth-order valence-electron chi connectivity index (χ4n) is 4.94. The Kier molecular flexibility index (Phi) is 5.41. The van der Waals surface area contributed by atoms with Crippen molar-refractivity contribution in [3.8, 4) is 23.1 Å². The quantitative estimate of drug-likeness (QED) is 0.420. The molecule has 0 radical (unpaired) electrons. The van der Waals surface area contributed by atoms with Gasteiger partial charge in [-0.05, 0) is 36.7 Å². The van der Waals surface area contributed by atoms with Crippen molar-refractivity contribution < 1.29 is 14.6 Å². The maximum atomic E-state index is 13.2. The molecule has 0 saturated carbocycles. The van der Waals surface area contributed by atoms with Gasteiger partial charge in [-0.1, -0.05) is 25.1 Å². The Hall–Kier alpha value is -3.98. The van der Waals surface area contributed by atoms with Crippen LogP contribution in [0, 0.1) is 0 Å². The molecule has 0 bridgehead atoms. The third-order valence-corrected chi connectivity index (χ3v) is 6.56. The van der Waals surface area contributed by atoms with Crippen LogP contribution in [0.2, 0.25) is 0 Å². The number of aromatic amines is 2. The lowest BCUT2D eigenvalue weighted by molar-refractivity contribution is 0.215. The number of aromatic hydroxyl groups is 1. The van der Waals surface area contributed by atoms with Crippen LogP contribution in [0.3, 0.4) is 0 Å². The van der Waals surface area contributed by atoms with E-state index in [0.29, 0.717) is 24.6 Å². The van der Waals surface area contributed by atoms with Gasteiger partial charge in [-0.3, -0.25) is 14.7 Å². The van der Waals surface area contributed by atoms with E-state index < -0.39 is 23.2 Å². The van der Waals surface area contributed by atoms with Gasteiger partial charge in [-0.15, -0.1) is 0 Å². The minimum atomic E-state index is -0.770. The molecule has 0 aliphatic carbocycles. The van der Waals surface area contributed by atoms with E-state index in [0.717, 1.165) is 33.1 Å². The Balaban J connectivity index is 1.80. The number of H-pyrrole nitrogens is 2. The second-order valence-corrected chi connectivity index (χ2v) is 8.21. The maximum Gasteiger partial charge on any atom is 0.335 e. The fourth-order valence-corrected chi connectivity index (χ4v) is 4.94. The molecule has 4 aromatic rings. The van der Waals surface area contributed by atoms with Gasteiger partial charge in [0.25, 0.3) is 5.56 Å². The number of rotatable bonds is 5. The molecule has 0 fully saturated rings. The number of ether oxygens (including phenoxy) is 2. The minimum absolute atomic E-state index is 0.0961. The van der Waals surface area contributed by atoms with E-state index in [-0.39, 0.29) is 11.3 Å². The van der Waals surface area contributed by atoms with E-state index in [9.17, 15) is 14.7 Å². The lowest BCUT2D eigenvalue weighted by atomic mass is 9.93. The number of nitrogens with one attached hydrogen (secondary N) is 2. The molecular weight excluding hydrogens is 436 g/mol. The highest BCUT2D eigenvalue weighted by molar-refractivity contribution is 5.85. The van der Waals surface area contributed by atoms with Crippen LogP contribution in [0.5, 0.6) is 17.4 Å². The van der Waals surface area contributed by atoms with Crippen molar-refractivity contribution in [1.29, 1.82) is 0 Å². The smallest absolute Gasteiger partial charge is 0.335 e. The van der Waals surface area contributed by atoms with Crippen LogP contribution in [0.25, 0.3) is 16.6 Å². The molecule has 34 heavy (non-hydrogen) atoms. The fraction of sp³-hybridized carbons (Fsp3) is 0.280. The molecule has 0 spiro atoms. The van der Waals surface area contributed by atoms with E-state index in [4.69, 9.17) is 9.47 Å². The molecular formula is C25H26N4O5. The van der Waals surface area contributed by atoms with Gasteiger partial charge in [0.15, 0.2) is 0 Å². The van der Waals surface area contributed by atoms with Crippen LogP contribution in [0.15, 0.2) is 52.1 Å². The van der Waals surface area contributed by atoms with Crippen molar-refractivity contribution >= 4 is 10.9 Å². The van der Waals surface area contributed by atoms with E-state index in [2.05, 4.69) is 20.9 Å². The zero-order valence-electron chi connectivity index (χ0n) is 19.2. The first-order valence-corrected chi connectivity index (χ1v) is 11.1. The first-order chi connectivity index (χ1) is 16.5. The number of para-hydroxylation sites is 1. The van der Waals surface area contributed by atoms with E-state index in [1.165, 1.54) is 14.2 Å². The first-order valence-electron chi connectivity index (χ1n) is 11.1. The summed E-state index contributed by atoms with van der Waals surface area (Å²) >= 11 is 0. The largest absolute Gasteiger partial charge is 0.497 e. The third kappa shape index (κ3) is 3.28. The Morgan fingerprint density at radius 1 is 1.09 bits per heavy atom. The first kappa shape index (κ1) is 21.8. The van der Waals surface area contributed by atoms with Gasteiger partial charge in [-0.25, -0.2) is 9.36 Å². The van der Waals surface area contributed by atoms with Crippen LogP contribution in [-0.2, 0) is 6.42 Å². The molecule has 9 nitrogen and oxygen atoms in total. The van der Waals surface area contributed by atoms with Crippen molar-refractivity contribution in [2.24, 2.45) is 0 Å². The van der Waals surface area contributed by atoms with Gasteiger partial charge in [-0.2, -0.15) is 0 Å². The zero-order valence-corrected chi connectivity index (χ0v) is 19.2. The van der Waals surface area contributed by atoms with E-state index >= 15 is 0 Å². The predicted molar refractivity (Wildman–Crippen MR) is 129 cm³/mol. The van der Waals surface area contributed by atoms with Crippen LogP contribution >= 0.6 is 0 Å². The van der Waals surface area contributed by atoms with Gasteiger partial charge < -0.3 is 19.6 Å². The van der Waals surface area contributed by atoms with Crippen molar-refractivity contribution in [3.63, 3.8) is 0 Å². The molecule has 1 aliphatic heterocycles. The van der Waals surface area contributed by atoms with Crippen LogP contribution < -0.4 is 20.7 Å². The summed E-state index contributed by atoms with van der Waals surface area (Å²) < 4.78 is 11.8. The van der Waals surface area contributed by atoms with E-state index in [1.807, 2.05) is 25.1 Å². The molecule has 3 N–H and O–H groups in total. The molecule has 0 amide bonds. The molecule has 1 atom stereocenters. The van der Waals surface area contributed by atoms with Crippen molar-refractivity contribution in [2.75, 3.05) is 27.3 Å². The Morgan fingerprint density at radius 3 is 2.62 bits per heavy atom. The number of hydrogen-bond donors (Lipinski definition) is 3. The van der Waals surface area contributed by atoms with Gasteiger partial charge >= 0.3 is 5.69 Å². The number of nitrogens with zero attached hydrogens (tertiary/aromatic N) is 2. The highest BCUT2D eigenvalue weighted by Crippen LogP contribution is 2.40. The lowest BCUT2D eigenvalue weighted by Gasteiger charge is -2.35. The molecule has 0 unspecified atom stereocenters. The van der Waals surface area contributed by atoms with Crippen LogP contribution in [-0.4, -0.2) is 51.9 Å². The standard InChI is InChI=1S/C25H26N4O5/c1-4-28-12-11-16-15-7-5-6-8-17(15)26-21(16)22(28)20-23(30)27-25(32)29(24(20)31)18-13-14(33-2)9-10-19(18)34-3/h5-10,13,22,26,31H,4,11-12H2,1-3H3,(H,27,30,32)/t22-/m1/s1. The van der Waals surface area contributed by atoms with Gasteiger partial charge in [0, 0.05) is 29.2 Å². The Morgan fingerprint density at radius 2 is 1.88 bits per heavy atom. The molecule has 2 aromatic heterocycles. The van der Waals surface area contributed by atoms with Crippen molar-refractivity contribution in [3.05, 3.63) is 80.1 Å². The van der Waals surface area contributed by atoms with Gasteiger partial charge in [0.2, 0.25) is 5.88 Å². The SMILES string of the molecule is CCN1CCc2c([nH]c3ccccc23)[C@H]1c1c(O)n(-c2cc(OC)ccc2OC)c(=O)[nH]c1=O. The molecule has 3 heterocycles. The topological polar surface area (TPSA) is 113 Å². The van der Waals surface area contributed by atoms with E-state index in [1.54, 1.807) is 18.2 Å². The third-order valence-electron chi connectivity index (χ3n) is 6.56. The Labute approximate surface area is 195 Å². The number of benzene rings is 2. The van der Waals surface area contributed by atoms with Gasteiger partial charge in [0.1, 0.15) is 17.1 Å². The number of methoxy groups -OCH3 is 2. The minimum Gasteiger partial charge on any atom is -0.497 e. The summed E-state index contributed by atoms with van der Waals surface area (Å²) in [7, 11) is 2.97. The van der Waals surface area contributed by atoms with Gasteiger partial charge in [0.05, 0.1) is 25.9 Å². The number of likely N-dealkylation sites (N-methyl/N-ethyl adjacent to an activating group) is 1. The summed E-state index contributed by atoms with van der Waals surface area (Å²) in [5.41, 5.74) is 1.88. The summed E-state index contributed by atoms with van der Waals surface area (Å²) in [4.78, 5) is 34.1. The molecule has 2 aromatic carbocycles. The predicted octanol–water partition coefficient (Wildman–Crippen LogP) is 2.70. The Bertz CT molecular complexity index is 1500. The van der Waals surface area contributed by atoms with Crippen molar-refractivity contribution in [2.45, 2.75) is 19.4 Å². The number of fused-ring (bicyclic) bond motifs is 3. The summed E-state index contributed by atoms with van der Waals surface area (Å²) in [6, 6.07) is 12.3. The second kappa shape index (κ2) is 8.42. The maximum absolute atomic E-state index is 13.2. The zero-order chi connectivity index (χ0) is 24.0. The normalized spacial score (nSPS) is 15.9. The molecule has 9 heteroatoms. The summed E-state index contributed by atoms with van der Waals surface area (Å²) in [6.07, 6.45) is 0.811. The molecule has 5 rings (SSSR count). The monoisotopic (exact) mass is 462 g/mol. The average Bonchev–Trinajstić information content (AvgIpc) is 3.22. The molecule has 0 saturated heterocycles. The summed E-state index contributed by atoms with van der Waals surface area (Å²) in [6.45, 7) is 3.36. The highest BCUT2D eigenvalue weighted by Gasteiger charge is 2.36. The number of aromatic nitrogens is 3. The van der Waals surface area contributed by atoms with Crippen LogP contribution in [0.1, 0.15) is 29.8 Å². The average molecular weight is 463 g/mol. The molecule has 176 valence electrons. The summed E-state index contributed by atoms with van der Waals surface area (Å²) in [5.74, 6) is 0.384. The number of hydrogen-bond acceptors (Lipinski definition) is 6. The highest BCUT2D eigenvalue weighted by atomic mass is 16.5. The lowest BCUT2D eigenvalue weighted by Crippen LogP contribution is -2.41. The second-order valence-electron chi connectivity index (χ2n) is 8.21. The molecule has 1 aliphatic rings. The van der Waals surface area contributed by atoms with Crippen LogP contribution in [0.4, 0.5) is 0 Å². The summed E-state index contributed by atoms with van der Waals surface area (Å²) in [5, 5.41) is 12.6.